The van der Waals surface area contributed by atoms with Crippen LogP contribution in [0.5, 0.6) is 11.5 Å². The minimum absolute atomic E-state index is 0.0568. The Hall–Kier alpha value is -3.66. The summed E-state index contributed by atoms with van der Waals surface area (Å²) in [5.74, 6) is -0.684. The lowest BCUT2D eigenvalue weighted by molar-refractivity contribution is 0.209. The maximum Gasteiger partial charge on any atom is 0.409 e. The predicted octanol–water partition coefficient (Wildman–Crippen LogP) is 4.21. The number of nitrogens with zero attached hydrogens (tertiary/aromatic N) is 1. The molecular weight excluding hydrogens is 401 g/mol. The van der Waals surface area contributed by atoms with Crippen molar-refractivity contribution in [2.75, 3.05) is 10.0 Å². The van der Waals surface area contributed by atoms with Gasteiger partial charge in [0.2, 0.25) is 0 Å². The molecule has 3 N–H and O–H groups in total. The van der Waals surface area contributed by atoms with Gasteiger partial charge in [-0.3, -0.25) is 10.0 Å². The number of nitrogens with one attached hydrogen (secondary N) is 2. The minimum Gasteiger partial charge on any atom is -0.465 e. The van der Waals surface area contributed by atoms with E-state index in [9.17, 15) is 17.6 Å². The third-order valence-electron chi connectivity index (χ3n) is 3.72. The lowest BCUT2D eigenvalue weighted by atomic mass is 10.2. The van der Waals surface area contributed by atoms with Crippen LogP contribution in [0.4, 0.5) is 20.7 Å². The SMILES string of the molecule is Cc1ccc(S(=O)(=O)Nc2ccc(Oc3ccc(NC(=O)O)cc3F)cn2)cc1. The number of rotatable bonds is 6. The topological polar surface area (TPSA) is 118 Å². The number of carbonyl (C=O) groups is 1. The number of ether oxygens (including phenoxy) is 1. The summed E-state index contributed by atoms with van der Waals surface area (Å²) in [6.07, 6.45) is -0.0819. The van der Waals surface area contributed by atoms with E-state index in [1.807, 2.05) is 12.2 Å². The number of carboxylic acid groups (broad SMARTS) is 1. The number of amides is 1. The molecule has 0 atom stereocenters. The number of sulfonamides is 1. The van der Waals surface area contributed by atoms with E-state index in [0.717, 1.165) is 11.6 Å². The molecule has 0 bridgehead atoms. The van der Waals surface area contributed by atoms with Gasteiger partial charge < -0.3 is 9.84 Å². The van der Waals surface area contributed by atoms with E-state index in [2.05, 4.69) is 9.71 Å². The second-order valence-electron chi connectivity index (χ2n) is 5.98. The molecule has 0 aliphatic heterocycles. The van der Waals surface area contributed by atoms with Gasteiger partial charge in [0.15, 0.2) is 11.6 Å². The molecule has 29 heavy (non-hydrogen) atoms. The maximum atomic E-state index is 14.0. The van der Waals surface area contributed by atoms with E-state index in [1.54, 1.807) is 12.1 Å². The number of hydrogen-bond acceptors (Lipinski definition) is 5. The lowest BCUT2D eigenvalue weighted by Crippen LogP contribution is -2.13. The van der Waals surface area contributed by atoms with Crippen LogP contribution in [0, 0.1) is 12.7 Å². The highest BCUT2D eigenvalue weighted by molar-refractivity contribution is 7.92. The van der Waals surface area contributed by atoms with E-state index in [1.165, 1.54) is 42.6 Å². The van der Waals surface area contributed by atoms with Crippen LogP contribution in [0.3, 0.4) is 0 Å². The third-order valence-corrected chi connectivity index (χ3v) is 5.09. The molecule has 3 rings (SSSR count). The molecule has 1 heterocycles. The molecular formula is C19H16FN3O5S. The molecule has 0 unspecified atom stereocenters. The van der Waals surface area contributed by atoms with Gasteiger partial charge >= 0.3 is 6.09 Å². The van der Waals surface area contributed by atoms with Crippen LogP contribution in [-0.4, -0.2) is 24.6 Å². The summed E-state index contributed by atoms with van der Waals surface area (Å²) in [6.45, 7) is 1.85. The second-order valence-corrected chi connectivity index (χ2v) is 7.66. The minimum atomic E-state index is -3.79. The predicted molar refractivity (Wildman–Crippen MR) is 104 cm³/mol. The summed E-state index contributed by atoms with van der Waals surface area (Å²) >= 11 is 0. The molecule has 10 heteroatoms. The number of aromatic nitrogens is 1. The van der Waals surface area contributed by atoms with E-state index >= 15 is 0 Å². The summed E-state index contributed by atoms with van der Waals surface area (Å²) in [5, 5.41) is 10.7. The Labute approximate surface area is 166 Å². The molecule has 8 nitrogen and oxygen atoms in total. The maximum absolute atomic E-state index is 14.0. The number of hydrogen-bond donors (Lipinski definition) is 3. The molecule has 0 saturated heterocycles. The van der Waals surface area contributed by atoms with Gasteiger partial charge in [-0.05, 0) is 43.3 Å². The van der Waals surface area contributed by atoms with Crippen molar-refractivity contribution in [3.05, 3.63) is 72.2 Å². The number of aryl methyl sites for hydroxylation is 1. The van der Waals surface area contributed by atoms with Crippen molar-refractivity contribution in [1.29, 1.82) is 0 Å². The first-order valence-electron chi connectivity index (χ1n) is 8.26. The van der Waals surface area contributed by atoms with Crippen molar-refractivity contribution in [3.63, 3.8) is 0 Å². The fourth-order valence-corrected chi connectivity index (χ4v) is 3.34. The molecule has 0 fully saturated rings. The average Bonchev–Trinajstić information content (AvgIpc) is 2.65. The first-order valence-corrected chi connectivity index (χ1v) is 9.74. The van der Waals surface area contributed by atoms with Crippen molar-refractivity contribution < 1.29 is 27.4 Å². The second kappa shape index (κ2) is 8.15. The van der Waals surface area contributed by atoms with Gasteiger partial charge in [0.05, 0.1) is 11.1 Å². The average molecular weight is 417 g/mol. The van der Waals surface area contributed by atoms with Crippen LogP contribution in [0.1, 0.15) is 5.56 Å². The highest BCUT2D eigenvalue weighted by atomic mass is 32.2. The van der Waals surface area contributed by atoms with E-state index in [4.69, 9.17) is 9.84 Å². The molecule has 3 aromatic rings. The van der Waals surface area contributed by atoms with Gasteiger partial charge in [-0.1, -0.05) is 17.7 Å². The Morgan fingerprint density at radius 2 is 1.83 bits per heavy atom. The summed E-state index contributed by atoms with van der Waals surface area (Å²) in [7, 11) is -3.79. The summed E-state index contributed by atoms with van der Waals surface area (Å²) in [6, 6.07) is 12.7. The molecule has 0 spiro atoms. The Bertz CT molecular complexity index is 1130. The fraction of sp³-hybridized carbons (Fsp3) is 0.0526. The van der Waals surface area contributed by atoms with Crippen LogP contribution in [-0.2, 0) is 10.0 Å². The fourth-order valence-electron chi connectivity index (χ4n) is 2.33. The zero-order valence-corrected chi connectivity index (χ0v) is 15.9. The molecule has 0 radical (unpaired) electrons. The largest absolute Gasteiger partial charge is 0.465 e. The molecule has 1 aromatic heterocycles. The van der Waals surface area contributed by atoms with Gasteiger partial charge in [0.1, 0.15) is 11.6 Å². The smallest absolute Gasteiger partial charge is 0.409 e. The Morgan fingerprint density at radius 3 is 2.41 bits per heavy atom. The summed E-state index contributed by atoms with van der Waals surface area (Å²) < 4.78 is 46.5. The first kappa shape index (κ1) is 20.1. The number of pyridine rings is 1. The van der Waals surface area contributed by atoms with Gasteiger partial charge in [0, 0.05) is 11.8 Å². The Balaban J connectivity index is 1.70. The summed E-state index contributed by atoms with van der Waals surface area (Å²) in [5.41, 5.74) is 0.990. The van der Waals surface area contributed by atoms with Gasteiger partial charge in [-0.25, -0.2) is 22.6 Å². The molecule has 150 valence electrons. The van der Waals surface area contributed by atoms with Crippen molar-refractivity contribution >= 4 is 27.6 Å². The van der Waals surface area contributed by atoms with Gasteiger partial charge in [0.25, 0.3) is 10.0 Å². The molecule has 1 amide bonds. The van der Waals surface area contributed by atoms with Crippen LogP contribution in [0.2, 0.25) is 0 Å². The van der Waals surface area contributed by atoms with Crippen molar-refractivity contribution in [3.8, 4) is 11.5 Å². The van der Waals surface area contributed by atoms with Crippen LogP contribution < -0.4 is 14.8 Å². The zero-order valence-electron chi connectivity index (χ0n) is 15.1. The monoisotopic (exact) mass is 417 g/mol. The highest BCUT2D eigenvalue weighted by Gasteiger charge is 2.15. The Kier molecular flexibility index (Phi) is 5.64. The van der Waals surface area contributed by atoms with E-state index in [0.29, 0.717) is 0 Å². The van der Waals surface area contributed by atoms with Crippen LogP contribution in [0.25, 0.3) is 0 Å². The van der Waals surface area contributed by atoms with E-state index < -0.39 is 21.9 Å². The number of halogens is 1. The highest BCUT2D eigenvalue weighted by Crippen LogP contribution is 2.27. The van der Waals surface area contributed by atoms with Crippen LogP contribution in [0.15, 0.2) is 65.7 Å². The Morgan fingerprint density at radius 1 is 1.10 bits per heavy atom. The zero-order chi connectivity index (χ0) is 21.0. The lowest BCUT2D eigenvalue weighted by Gasteiger charge is -2.10. The molecule has 0 aliphatic carbocycles. The van der Waals surface area contributed by atoms with Gasteiger partial charge in [-0.15, -0.1) is 0 Å². The normalized spacial score (nSPS) is 11.0. The number of anilines is 2. The molecule has 0 saturated carbocycles. The quantitative estimate of drug-likeness (QED) is 0.553. The first-order chi connectivity index (χ1) is 13.7. The molecule has 0 aliphatic rings. The number of benzene rings is 2. The van der Waals surface area contributed by atoms with Crippen molar-refractivity contribution in [2.45, 2.75) is 11.8 Å². The van der Waals surface area contributed by atoms with Crippen molar-refractivity contribution in [1.82, 2.24) is 4.98 Å². The summed E-state index contributed by atoms with van der Waals surface area (Å²) in [4.78, 5) is 14.6. The van der Waals surface area contributed by atoms with Crippen LogP contribution >= 0.6 is 0 Å². The van der Waals surface area contributed by atoms with Gasteiger partial charge in [-0.2, -0.15) is 0 Å². The standard InChI is InChI=1S/C19H16FN3O5S/c1-12-2-6-15(7-3-12)29(26,27)23-18-9-5-14(11-21-18)28-17-8-4-13(10-16(17)20)22-19(24)25/h2-11,22H,1H3,(H,21,23)(H,24,25). The van der Waals surface area contributed by atoms with Crippen molar-refractivity contribution in [2.24, 2.45) is 0 Å². The van der Waals surface area contributed by atoms with E-state index in [-0.39, 0.29) is 27.9 Å². The third kappa shape index (κ3) is 5.20. The molecule has 2 aromatic carbocycles.